The molecule has 1 aromatic rings. The minimum Gasteiger partial charge on any atom is -0.339 e. The first kappa shape index (κ1) is 18.0. The summed E-state index contributed by atoms with van der Waals surface area (Å²) in [5, 5.41) is 0. The van der Waals surface area contributed by atoms with Gasteiger partial charge in [-0.25, -0.2) is 0 Å². The van der Waals surface area contributed by atoms with Crippen LogP contribution in [0.15, 0.2) is 30.3 Å². The molecule has 1 heterocycles. The zero-order chi connectivity index (χ0) is 16.7. The van der Waals surface area contributed by atoms with E-state index in [9.17, 15) is 4.79 Å². The third-order valence-corrected chi connectivity index (χ3v) is 4.94. The van der Waals surface area contributed by atoms with Gasteiger partial charge in [0, 0.05) is 38.8 Å². The molecule has 0 spiro atoms. The van der Waals surface area contributed by atoms with Gasteiger partial charge in [-0.05, 0) is 25.5 Å². The molecule has 1 unspecified atom stereocenters. The Morgan fingerprint density at radius 2 is 1.78 bits per heavy atom. The lowest BCUT2D eigenvalue weighted by molar-refractivity contribution is -0.134. The molecule has 23 heavy (non-hydrogen) atoms. The van der Waals surface area contributed by atoms with Gasteiger partial charge in [0.05, 0.1) is 6.54 Å². The van der Waals surface area contributed by atoms with Crippen LogP contribution in [-0.4, -0.2) is 65.9 Å². The van der Waals surface area contributed by atoms with Crippen LogP contribution in [0.2, 0.25) is 0 Å². The van der Waals surface area contributed by atoms with Crippen LogP contribution in [0, 0.1) is 0 Å². The molecule has 1 fully saturated rings. The van der Waals surface area contributed by atoms with Crippen molar-refractivity contribution in [2.45, 2.75) is 39.8 Å². The number of rotatable bonds is 7. The standard InChI is InChI=1S/C19H31N3O/c1-4-17(3)21-11-13-22(14-12-21)19(23)16-20(5-2)15-18-9-7-6-8-10-18/h6-10,17H,4-5,11-16H2,1-3H3. The van der Waals surface area contributed by atoms with E-state index in [0.29, 0.717) is 12.6 Å². The van der Waals surface area contributed by atoms with E-state index in [1.54, 1.807) is 0 Å². The molecule has 4 heteroatoms. The maximum atomic E-state index is 12.6. The molecular formula is C19H31N3O. The van der Waals surface area contributed by atoms with Gasteiger partial charge in [-0.3, -0.25) is 14.6 Å². The number of hydrogen-bond acceptors (Lipinski definition) is 3. The highest BCUT2D eigenvalue weighted by molar-refractivity contribution is 5.78. The Morgan fingerprint density at radius 3 is 2.35 bits per heavy atom. The molecular weight excluding hydrogens is 286 g/mol. The van der Waals surface area contributed by atoms with Crippen LogP contribution in [0.4, 0.5) is 0 Å². The maximum Gasteiger partial charge on any atom is 0.236 e. The molecule has 1 aliphatic heterocycles. The smallest absolute Gasteiger partial charge is 0.236 e. The van der Waals surface area contributed by atoms with E-state index in [1.807, 2.05) is 11.0 Å². The molecule has 0 aromatic heterocycles. The first-order chi connectivity index (χ1) is 11.1. The van der Waals surface area contributed by atoms with Gasteiger partial charge >= 0.3 is 0 Å². The van der Waals surface area contributed by atoms with Crippen LogP contribution in [0.5, 0.6) is 0 Å². The van der Waals surface area contributed by atoms with Crippen molar-refractivity contribution in [3.63, 3.8) is 0 Å². The Hall–Kier alpha value is -1.39. The number of amides is 1. The number of piperazine rings is 1. The molecule has 0 N–H and O–H groups in total. The first-order valence-electron chi connectivity index (χ1n) is 8.92. The molecule has 128 valence electrons. The minimum atomic E-state index is 0.270. The predicted molar refractivity (Wildman–Crippen MR) is 95.3 cm³/mol. The Kier molecular flexibility index (Phi) is 7.06. The van der Waals surface area contributed by atoms with Crippen molar-refractivity contribution >= 4 is 5.91 Å². The molecule has 1 atom stereocenters. The lowest BCUT2D eigenvalue weighted by Crippen LogP contribution is -2.53. The van der Waals surface area contributed by atoms with E-state index in [4.69, 9.17) is 0 Å². The minimum absolute atomic E-state index is 0.270. The summed E-state index contributed by atoms with van der Waals surface area (Å²) in [6.07, 6.45) is 1.18. The van der Waals surface area contributed by atoms with Crippen LogP contribution in [0.25, 0.3) is 0 Å². The fourth-order valence-electron chi connectivity index (χ4n) is 3.08. The van der Waals surface area contributed by atoms with E-state index in [0.717, 1.165) is 39.3 Å². The van der Waals surface area contributed by atoms with Crippen molar-refractivity contribution in [1.82, 2.24) is 14.7 Å². The summed E-state index contributed by atoms with van der Waals surface area (Å²) in [5.74, 6) is 0.270. The highest BCUT2D eigenvalue weighted by Crippen LogP contribution is 2.10. The van der Waals surface area contributed by atoms with Gasteiger partial charge < -0.3 is 4.90 Å². The largest absolute Gasteiger partial charge is 0.339 e. The Morgan fingerprint density at radius 1 is 1.13 bits per heavy atom. The zero-order valence-electron chi connectivity index (χ0n) is 14.9. The molecule has 0 radical (unpaired) electrons. The van der Waals surface area contributed by atoms with E-state index in [1.165, 1.54) is 12.0 Å². The Bertz CT molecular complexity index is 469. The maximum absolute atomic E-state index is 12.6. The molecule has 1 aliphatic rings. The van der Waals surface area contributed by atoms with E-state index in [2.05, 4.69) is 54.8 Å². The van der Waals surface area contributed by atoms with Crippen molar-refractivity contribution in [1.29, 1.82) is 0 Å². The van der Waals surface area contributed by atoms with E-state index < -0.39 is 0 Å². The number of likely N-dealkylation sites (N-methyl/N-ethyl adjacent to an activating group) is 1. The van der Waals surface area contributed by atoms with Crippen molar-refractivity contribution in [3.8, 4) is 0 Å². The summed E-state index contributed by atoms with van der Waals surface area (Å²) in [6, 6.07) is 11.0. The van der Waals surface area contributed by atoms with Gasteiger partial charge in [0.15, 0.2) is 0 Å². The normalized spacial score (nSPS) is 17.5. The average molecular weight is 317 g/mol. The van der Waals surface area contributed by atoms with Crippen molar-refractivity contribution in [2.24, 2.45) is 0 Å². The third-order valence-electron chi connectivity index (χ3n) is 4.94. The fraction of sp³-hybridized carbons (Fsp3) is 0.632. The van der Waals surface area contributed by atoms with Gasteiger partial charge in [-0.1, -0.05) is 44.2 Å². The topological polar surface area (TPSA) is 26.8 Å². The molecule has 0 saturated carbocycles. The molecule has 1 aromatic carbocycles. The number of benzene rings is 1. The fourth-order valence-corrected chi connectivity index (χ4v) is 3.08. The van der Waals surface area contributed by atoms with Crippen LogP contribution in [0.3, 0.4) is 0 Å². The van der Waals surface area contributed by atoms with Crippen molar-refractivity contribution < 1.29 is 4.79 Å². The highest BCUT2D eigenvalue weighted by Gasteiger charge is 2.24. The lowest BCUT2D eigenvalue weighted by atomic mass is 10.2. The Balaban J connectivity index is 1.81. The van der Waals surface area contributed by atoms with E-state index >= 15 is 0 Å². The van der Waals surface area contributed by atoms with E-state index in [-0.39, 0.29) is 5.91 Å². The van der Waals surface area contributed by atoms with Gasteiger partial charge in [-0.2, -0.15) is 0 Å². The quantitative estimate of drug-likeness (QED) is 0.773. The number of carbonyl (C=O) groups excluding carboxylic acids is 1. The second-order valence-electron chi connectivity index (χ2n) is 6.46. The van der Waals surface area contributed by atoms with Crippen LogP contribution in [-0.2, 0) is 11.3 Å². The summed E-state index contributed by atoms with van der Waals surface area (Å²) in [4.78, 5) is 19.3. The molecule has 4 nitrogen and oxygen atoms in total. The molecule has 1 amide bonds. The zero-order valence-corrected chi connectivity index (χ0v) is 14.9. The second kappa shape index (κ2) is 9.04. The van der Waals surface area contributed by atoms with Crippen LogP contribution in [0.1, 0.15) is 32.8 Å². The third kappa shape index (κ3) is 5.33. The molecule has 0 bridgehead atoms. The Labute approximate surface area is 141 Å². The van der Waals surface area contributed by atoms with Crippen molar-refractivity contribution in [3.05, 3.63) is 35.9 Å². The van der Waals surface area contributed by atoms with Gasteiger partial charge in [0.25, 0.3) is 0 Å². The SMILES string of the molecule is CCC(C)N1CCN(C(=O)CN(CC)Cc2ccccc2)CC1. The molecule has 1 saturated heterocycles. The van der Waals surface area contributed by atoms with Gasteiger partial charge in [0.2, 0.25) is 5.91 Å². The number of nitrogens with zero attached hydrogens (tertiary/aromatic N) is 3. The van der Waals surface area contributed by atoms with Crippen molar-refractivity contribution in [2.75, 3.05) is 39.3 Å². The molecule has 0 aliphatic carbocycles. The predicted octanol–water partition coefficient (Wildman–Crippen LogP) is 2.45. The van der Waals surface area contributed by atoms with Crippen LogP contribution >= 0.6 is 0 Å². The summed E-state index contributed by atoms with van der Waals surface area (Å²) < 4.78 is 0. The summed E-state index contributed by atoms with van der Waals surface area (Å²) >= 11 is 0. The molecule has 2 rings (SSSR count). The highest BCUT2D eigenvalue weighted by atomic mass is 16.2. The lowest BCUT2D eigenvalue weighted by Gasteiger charge is -2.38. The monoisotopic (exact) mass is 317 g/mol. The second-order valence-corrected chi connectivity index (χ2v) is 6.46. The number of hydrogen-bond donors (Lipinski definition) is 0. The average Bonchev–Trinajstić information content (AvgIpc) is 2.61. The van der Waals surface area contributed by atoms with Gasteiger partial charge in [-0.15, -0.1) is 0 Å². The van der Waals surface area contributed by atoms with Crippen LogP contribution < -0.4 is 0 Å². The first-order valence-corrected chi connectivity index (χ1v) is 8.92. The summed E-state index contributed by atoms with van der Waals surface area (Å²) in [5.41, 5.74) is 1.27. The van der Waals surface area contributed by atoms with Gasteiger partial charge in [0.1, 0.15) is 0 Å². The summed E-state index contributed by atoms with van der Waals surface area (Å²) in [6.45, 7) is 12.6. The number of carbonyl (C=O) groups is 1. The summed E-state index contributed by atoms with van der Waals surface area (Å²) in [7, 11) is 0.